The molecule has 0 aromatic heterocycles. The van der Waals surface area contributed by atoms with Gasteiger partial charge in [-0.2, -0.15) is 0 Å². The summed E-state index contributed by atoms with van der Waals surface area (Å²) < 4.78 is 11.5. The Labute approximate surface area is 160 Å². The van der Waals surface area contributed by atoms with Gasteiger partial charge in [0.2, 0.25) is 0 Å². The Bertz CT molecular complexity index is 809. The van der Waals surface area contributed by atoms with Gasteiger partial charge in [-0.3, -0.25) is 0 Å². The van der Waals surface area contributed by atoms with E-state index in [1.165, 1.54) is 18.2 Å². The molecule has 0 fully saturated rings. The largest absolute Gasteiger partial charge is 0.493 e. The normalized spacial score (nSPS) is 15.6. The van der Waals surface area contributed by atoms with E-state index in [0.29, 0.717) is 22.9 Å². The number of carbonyl (C=O) groups excluding carboxylic acids is 1. The molecule has 0 spiro atoms. The van der Waals surface area contributed by atoms with E-state index in [-0.39, 0.29) is 6.04 Å². The van der Waals surface area contributed by atoms with Gasteiger partial charge in [0, 0.05) is 10.5 Å². The first-order valence-electron chi connectivity index (χ1n) is 8.13. The average Bonchev–Trinajstić information content (AvgIpc) is 3.01. The Kier molecular flexibility index (Phi) is 5.54. The summed E-state index contributed by atoms with van der Waals surface area (Å²) in [6, 6.07) is 9.77. The zero-order valence-electron chi connectivity index (χ0n) is 14.1. The molecule has 132 valence electrons. The highest BCUT2D eigenvalue weighted by molar-refractivity contribution is 9.10. The van der Waals surface area contributed by atoms with Gasteiger partial charge >= 0.3 is 5.97 Å². The van der Waals surface area contributed by atoms with E-state index in [0.717, 1.165) is 23.0 Å². The first kappa shape index (κ1) is 18.1. The Balaban J connectivity index is 1.93. The van der Waals surface area contributed by atoms with Crippen molar-refractivity contribution in [3.63, 3.8) is 0 Å². The smallest absolute Gasteiger partial charge is 0.341 e. The summed E-state index contributed by atoms with van der Waals surface area (Å²) in [5.41, 5.74) is 3.66. The monoisotopic (exact) mass is 423 g/mol. The SMILES string of the molecule is CCOc1cc(NC2CCc3c(Br)cccc32)c(Cl)cc1C(=O)OC. The van der Waals surface area contributed by atoms with Crippen LogP contribution in [0.2, 0.25) is 5.02 Å². The van der Waals surface area contributed by atoms with Crippen molar-refractivity contribution in [2.24, 2.45) is 0 Å². The van der Waals surface area contributed by atoms with Crippen LogP contribution >= 0.6 is 27.5 Å². The summed E-state index contributed by atoms with van der Waals surface area (Å²) in [7, 11) is 1.34. The van der Waals surface area contributed by atoms with Crippen molar-refractivity contribution in [1.29, 1.82) is 0 Å². The molecule has 0 saturated heterocycles. The lowest BCUT2D eigenvalue weighted by atomic mass is 10.1. The number of hydrogen-bond acceptors (Lipinski definition) is 4. The van der Waals surface area contributed by atoms with Crippen LogP contribution in [0.25, 0.3) is 0 Å². The lowest BCUT2D eigenvalue weighted by Crippen LogP contribution is -2.10. The maximum atomic E-state index is 11.9. The van der Waals surface area contributed by atoms with Crippen LogP contribution in [-0.2, 0) is 11.2 Å². The number of anilines is 1. The molecular formula is C19H19BrClNO3. The first-order valence-corrected chi connectivity index (χ1v) is 9.30. The van der Waals surface area contributed by atoms with Gasteiger partial charge in [0.25, 0.3) is 0 Å². The molecule has 1 atom stereocenters. The number of ether oxygens (including phenoxy) is 2. The van der Waals surface area contributed by atoms with Crippen LogP contribution in [0, 0.1) is 0 Å². The van der Waals surface area contributed by atoms with Gasteiger partial charge in [0.05, 0.1) is 30.5 Å². The minimum Gasteiger partial charge on any atom is -0.493 e. The summed E-state index contributed by atoms with van der Waals surface area (Å²) in [6.45, 7) is 2.32. The number of nitrogens with one attached hydrogen (secondary N) is 1. The minimum atomic E-state index is -0.466. The maximum absolute atomic E-state index is 11.9. The fourth-order valence-electron chi connectivity index (χ4n) is 3.16. The van der Waals surface area contributed by atoms with Crippen LogP contribution in [-0.4, -0.2) is 19.7 Å². The number of rotatable bonds is 5. The van der Waals surface area contributed by atoms with Crippen LogP contribution < -0.4 is 10.1 Å². The highest BCUT2D eigenvalue weighted by Gasteiger charge is 2.25. The quantitative estimate of drug-likeness (QED) is 0.654. The molecule has 2 aromatic carbocycles. The van der Waals surface area contributed by atoms with E-state index in [1.807, 2.05) is 13.0 Å². The molecule has 1 N–H and O–H groups in total. The molecule has 25 heavy (non-hydrogen) atoms. The number of fused-ring (bicyclic) bond motifs is 1. The van der Waals surface area contributed by atoms with Gasteiger partial charge < -0.3 is 14.8 Å². The number of methoxy groups -OCH3 is 1. The van der Waals surface area contributed by atoms with Crippen LogP contribution in [0.1, 0.15) is 40.9 Å². The van der Waals surface area contributed by atoms with E-state index < -0.39 is 5.97 Å². The Morgan fingerprint density at radius 2 is 2.20 bits per heavy atom. The molecule has 4 nitrogen and oxygen atoms in total. The number of esters is 1. The van der Waals surface area contributed by atoms with Crippen molar-refractivity contribution in [3.05, 3.63) is 56.5 Å². The molecule has 0 amide bonds. The molecule has 1 unspecified atom stereocenters. The first-order chi connectivity index (χ1) is 12.0. The fourth-order valence-corrected chi connectivity index (χ4v) is 3.95. The van der Waals surface area contributed by atoms with Crippen molar-refractivity contribution in [1.82, 2.24) is 0 Å². The average molecular weight is 425 g/mol. The third-order valence-corrected chi connectivity index (χ3v) is 5.37. The Hall–Kier alpha value is -1.72. The van der Waals surface area contributed by atoms with Gasteiger partial charge in [-0.1, -0.05) is 39.7 Å². The van der Waals surface area contributed by atoms with Crippen LogP contribution in [0.3, 0.4) is 0 Å². The maximum Gasteiger partial charge on any atom is 0.341 e. The lowest BCUT2D eigenvalue weighted by Gasteiger charge is -2.19. The minimum absolute atomic E-state index is 0.170. The van der Waals surface area contributed by atoms with E-state index in [1.54, 1.807) is 12.1 Å². The van der Waals surface area contributed by atoms with E-state index in [9.17, 15) is 4.79 Å². The molecule has 0 saturated carbocycles. The summed E-state index contributed by atoms with van der Waals surface area (Å²) in [5.74, 6) is 0.000699. The molecule has 0 bridgehead atoms. The zero-order valence-corrected chi connectivity index (χ0v) is 16.4. The second-order valence-electron chi connectivity index (χ2n) is 5.80. The van der Waals surface area contributed by atoms with E-state index in [4.69, 9.17) is 21.1 Å². The predicted octanol–water partition coefficient (Wildman–Crippen LogP) is 5.39. The summed E-state index contributed by atoms with van der Waals surface area (Å²) in [6.07, 6.45) is 1.99. The number of halogens is 2. The lowest BCUT2D eigenvalue weighted by molar-refractivity contribution is 0.0596. The Morgan fingerprint density at radius 3 is 2.92 bits per heavy atom. The van der Waals surface area contributed by atoms with Gasteiger partial charge in [0.15, 0.2) is 0 Å². The van der Waals surface area contributed by atoms with Gasteiger partial charge in [-0.15, -0.1) is 0 Å². The molecule has 1 aliphatic carbocycles. The van der Waals surface area contributed by atoms with E-state index in [2.05, 4.69) is 33.4 Å². The molecule has 0 heterocycles. The van der Waals surface area contributed by atoms with Crippen LogP contribution in [0.15, 0.2) is 34.8 Å². The highest BCUT2D eigenvalue weighted by Crippen LogP contribution is 2.40. The third-order valence-electron chi connectivity index (χ3n) is 4.32. The summed E-state index contributed by atoms with van der Waals surface area (Å²) >= 11 is 10.0. The predicted molar refractivity (Wildman–Crippen MR) is 103 cm³/mol. The van der Waals surface area contributed by atoms with E-state index >= 15 is 0 Å². The fraction of sp³-hybridized carbons (Fsp3) is 0.316. The van der Waals surface area contributed by atoms with Crippen molar-refractivity contribution < 1.29 is 14.3 Å². The van der Waals surface area contributed by atoms with Crippen molar-refractivity contribution in [3.8, 4) is 5.75 Å². The zero-order chi connectivity index (χ0) is 18.0. The second kappa shape index (κ2) is 7.67. The third kappa shape index (κ3) is 3.62. The van der Waals surface area contributed by atoms with Gasteiger partial charge in [-0.25, -0.2) is 4.79 Å². The number of hydrogen-bond donors (Lipinski definition) is 1. The van der Waals surface area contributed by atoms with Crippen molar-refractivity contribution in [2.45, 2.75) is 25.8 Å². The Morgan fingerprint density at radius 1 is 1.40 bits per heavy atom. The van der Waals surface area contributed by atoms with Crippen LogP contribution in [0.5, 0.6) is 5.75 Å². The topological polar surface area (TPSA) is 47.6 Å². The van der Waals surface area contributed by atoms with Gasteiger partial charge in [0.1, 0.15) is 11.3 Å². The molecule has 6 heteroatoms. The molecule has 3 rings (SSSR count). The molecular weight excluding hydrogens is 406 g/mol. The van der Waals surface area contributed by atoms with Gasteiger partial charge in [-0.05, 0) is 43.0 Å². The summed E-state index contributed by atoms with van der Waals surface area (Å²) in [5, 5.41) is 3.96. The molecule has 0 aliphatic heterocycles. The number of carbonyl (C=O) groups is 1. The molecule has 0 radical (unpaired) electrons. The molecule has 1 aliphatic rings. The molecule has 2 aromatic rings. The summed E-state index contributed by atoms with van der Waals surface area (Å²) in [4.78, 5) is 11.9. The van der Waals surface area contributed by atoms with Crippen molar-refractivity contribution in [2.75, 3.05) is 19.0 Å². The van der Waals surface area contributed by atoms with Crippen LogP contribution in [0.4, 0.5) is 5.69 Å². The van der Waals surface area contributed by atoms with Crippen molar-refractivity contribution >= 4 is 39.2 Å². The standard InChI is InChI=1S/C19H19BrClNO3/c1-3-25-18-10-17(15(21)9-13(18)19(23)24-2)22-16-8-7-11-12(16)5-4-6-14(11)20/h4-6,9-10,16,22H,3,7-8H2,1-2H3. The number of benzene rings is 2. The second-order valence-corrected chi connectivity index (χ2v) is 7.06. The highest BCUT2D eigenvalue weighted by atomic mass is 79.9.